The quantitative estimate of drug-likeness (QED) is 0.881. The molecule has 1 aromatic rings. The molecule has 3 rings (SSSR count). The SMILES string of the molecule is CC(C)C(C(O)c1ccccc1)C1NCC2CCCC21. The van der Waals surface area contributed by atoms with E-state index in [4.69, 9.17) is 0 Å². The lowest BCUT2D eigenvalue weighted by atomic mass is 9.75. The molecule has 2 N–H and O–H groups in total. The molecule has 1 aliphatic carbocycles. The molecule has 0 radical (unpaired) electrons. The van der Waals surface area contributed by atoms with Crippen molar-refractivity contribution < 1.29 is 5.11 Å². The third-order valence-corrected chi connectivity index (χ3v) is 5.49. The third kappa shape index (κ3) is 2.51. The molecule has 0 amide bonds. The number of rotatable bonds is 4. The number of benzene rings is 1. The molecule has 0 bridgehead atoms. The van der Waals surface area contributed by atoms with Crippen LogP contribution < -0.4 is 5.32 Å². The van der Waals surface area contributed by atoms with Gasteiger partial charge in [-0.05, 0) is 42.7 Å². The Hall–Kier alpha value is -0.860. The molecule has 0 aromatic heterocycles. The Morgan fingerprint density at radius 1 is 1.15 bits per heavy atom. The molecule has 1 aromatic carbocycles. The summed E-state index contributed by atoms with van der Waals surface area (Å²) >= 11 is 0. The molecule has 2 nitrogen and oxygen atoms in total. The van der Waals surface area contributed by atoms with E-state index in [1.807, 2.05) is 18.2 Å². The highest BCUT2D eigenvalue weighted by atomic mass is 16.3. The third-order valence-electron chi connectivity index (χ3n) is 5.49. The molecule has 0 spiro atoms. The largest absolute Gasteiger partial charge is 0.388 e. The Morgan fingerprint density at radius 2 is 1.90 bits per heavy atom. The van der Waals surface area contributed by atoms with Crippen molar-refractivity contribution in [3.05, 3.63) is 35.9 Å². The summed E-state index contributed by atoms with van der Waals surface area (Å²) in [5, 5.41) is 14.6. The minimum Gasteiger partial charge on any atom is -0.388 e. The molecule has 5 atom stereocenters. The van der Waals surface area contributed by atoms with Gasteiger partial charge in [0, 0.05) is 12.0 Å². The van der Waals surface area contributed by atoms with Crippen LogP contribution in [0.5, 0.6) is 0 Å². The molecule has 5 unspecified atom stereocenters. The summed E-state index contributed by atoms with van der Waals surface area (Å²) in [6.07, 6.45) is 3.74. The van der Waals surface area contributed by atoms with Gasteiger partial charge in [0.05, 0.1) is 6.10 Å². The van der Waals surface area contributed by atoms with E-state index in [9.17, 15) is 5.11 Å². The van der Waals surface area contributed by atoms with Crippen LogP contribution in [0.4, 0.5) is 0 Å². The van der Waals surface area contributed by atoms with Gasteiger partial charge in [-0.25, -0.2) is 0 Å². The lowest BCUT2D eigenvalue weighted by Gasteiger charge is -2.35. The van der Waals surface area contributed by atoms with Gasteiger partial charge < -0.3 is 10.4 Å². The van der Waals surface area contributed by atoms with Crippen molar-refractivity contribution >= 4 is 0 Å². The molecule has 110 valence electrons. The minimum atomic E-state index is -0.354. The van der Waals surface area contributed by atoms with Gasteiger partial charge in [0.2, 0.25) is 0 Å². The monoisotopic (exact) mass is 273 g/mol. The van der Waals surface area contributed by atoms with Crippen LogP contribution in [0.1, 0.15) is 44.8 Å². The molecule has 2 fully saturated rings. The van der Waals surface area contributed by atoms with Crippen molar-refractivity contribution in [2.45, 2.75) is 45.3 Å². The van der Waals surface area contributed by atoms with Crippen molar-refractivity contribution in [3.8, 4) is 0 Å². The minimum absolute atomic E-state index is 0.311. The van der Waals surface area contributed by atoms with Gasteiger partial charge in [-0.15, -0.1) is 0 Å². The number of fused-ring (bicyclic) bond motifs is 1. The Balaban J connectivity index is 1.82. The second-order valence-electron chi connectivity index (χ2n) is 6.97. The standard InChI is InChI=1S/C18H27NO/c1-12(2)16(18(20)13-7-4-3-5-8-13)17-15-10-6-9-14(15)11-19-17/h3-5,7-8,12,14-20H,6,9-11H2,1-2H3. The number of hydrogen-bond donors (Lipinski definition) is 2. The zero-order valence-electron chi connectivity index (χ0n) is 12.6. The van der Waals surface area contributed by atoms with Crippen LogP contribution in [0.15, 0.2) is 30.3 Å². The van der Waals surface area contributed by atoms with Crippen molar-refractivity contribution in [1.82, 2.24) is 5.32 Å². The Labute approximate surface area is 122 Å². The summed E-state index contributed by atoms with van der Waals surface area (Å²) in [6, 6.07) is 10.7. The summed E-state index contributed by atoms with van der Waals surface area (Å²) in [4.78, 5) is 0. The second kappa shape index (κ2) is 5.87. The van der Waals surface area contributed by atoms with Crippen LogP contribution in [-0.4, -0.2) is 17.7 Å². The molecular weight excluding hydrogens is 246 g/mol. The fourth-order valence-electron chi connectivity index (χ4n) is 4.50. The van der Waals surface area contributed by atoms with E-state index in [1.54, 1.807) is 0 Å². The molecule has 2 heteroatoms. The van der Waals surface area contributed by atoms with Crippen LogP contribution in [-0.2, 0) is 0 Å². The fourth-order valence-corrected chi connectivity index (χ4v) is 4.50. The normalized spacial score (nSPS) is 32.3. The van der Waals surface area contributed by atoms with Gasteiger partial charge in [0.15, 0.2) is 0 Å². The van der Waals surface area contributed by atoms with E-state index in [2.05, 4.69) is 31.3 Å². The zero-order valence-corrected chi connectivity index (χ0v) is 12.6. The summed E-state index contributed by atoms with van der Waals surface area (Å²) in [7, 11) is 0. The lowest BCUT2D eigenvalue weighted by molar-refractivity contribution is 0.0477. The van der Waals surface area contributed by atoms with Crippen LogP contribution in [0.3, 0.4) is 0 Å². The van der Waals surface area contributed by atoms with Crippen molar-refractivity contribution in [3.63, 3.8) is 0 Å². The first-order chi connectivity index (χ1) is 9.68. The van der Waals surface area contributed by atoms with Gasteiger partial charge in [0.1, 0.15) is 0 Å². The van der Waals surface area contributed by atoms with Crippen LogP contribution in [0, 0.1) is 23.7 Å². The molecule has 1 aliphatic heterocycles. The Kier molecular flexibility index (Phi) is 4.13. The summed E-state index contributed by atoms with van der Waals surface area (Å²) < 4.78 is 0. The Morgan fingerprint density at radius 3 is 2.60 bits per heavy atom. The maximum Gasteiger partial charge on any atom is 0.0835 e. The summed E-state index contributed by atoms with van der Waals surface area (Å²) in [5.41, 5.74) is 1.06. The summed E-state index contributed by atoms with van der Waals surface area (Å²) in [5.74, 6) is 2.43. The first kappa shape index (κ1) is 14.1. The van der Waals surface area contributed by atoms with E-state index in [0.717, 1.165) is 23.9 Å². The number of aliphatic hydroxyl groups excluding tert-OH is 1. The first-order valence-corrected chi connectivity index (χ1v) is 8.15. The molecule has 1 saturated heterocycles. The molecule has 20 heavy (non-hydrogen) atoms. The smallest absolute Gasteiger partial charge is 0.0835 e. The molecule has 2 aliphatic rings. The van der Waals surface area contributed by atoms with E-state index < -0.39 is 0 Å². The average molecular weight is 273 g/mol. The fraction of sp³-hybridized carbons (Fsp3) is 0.667. The lowest BCUT2D eigenvalue weighted by Crippen LogP contribution is -2.41. The number of aliphatic hydroxyl groups is 1. The predicted octanol–water partition coefficient (Wildman–Crippen LogP) is 3.38. The predicted molar refractivity (Wildman–Crippen MR) is 82.4 cm³/mol. The van der Waals surface area contributed by atoms with Gasteiger partial charge in [-0.3, -0.25) is 0 Å². The second-order valence-corrected chi connectivity index (χ2v) is 6.97. The van der Waals surface area contributed by atoms with Crippen LogP contribution in [0.2, 0.25) is 0 Å². The average Bonchev–Trinajstić information content (AvgIpc) is 3.04. The van der Waals surface area contributed by atoms with Crippen LogP contribution in [0.25, 0.3) is 0 Å². The maximum atomic E-state index is 10.9. The van der Waals surface area contributed by atoms with E-state index in [-0.39, 0.29) is 6.10 Å². The first-order valence-electron chi connectivity index (χ1n) is 8.15. The molecular formula is C18H27NO. The number of hydrogen-bond acceptors (Lipinski definition) is 2. The Bertz CT molecular complexity index is 430. The highest BCUT2D eigenvalue weighted by Crippen LogP contribution is 2.44. The van der Waals surface area contributed by atoms with Gasteiger partial charge >= 0.3 is 0 Å². The summed E-state index contributed by atoms with van der Waals surface area (Å²) in [6.45, 7) is 5.65. The van der Waals surface area contributed by atoms with Gasteiger partial charge in [0.25, 0.3) is 0 Å². The van der Waals surface area contributed by atoms with Crippen molar-refractivity contribution in [1.29, 1.82) is 0 Å². The molecule has 1 saturated carbocycles. The van der Waals surface area contributed by atoms with E-state index >= 15 is 0 Å². The van der Waals surface area contributed by atoms with E-state index in [0.29, 0.717) is 17.9 Å². The highest BCUT2D eigenvalue weighted by molar-refractivity contribution is 5.19. The van der Waals surface area contributed by atoms with Gasteiger partial charge in [-0.1, -0.05) is 50.6 Å². The topological polar surface area (TPSA) is 32.3 Å². The van der Waals surface area contributed by atoms with Crippen molar-refractivity contribution in [2.24, 2.45) is 23.7 Å². The van der Waals surface area contributed by atoms with Gasteiger partial charge in [-0.2, -0.15) is 0 Å². The van der Waals surface area contributed by atoms with Crippen LogP contribution >= 0.6 is 0 Å². The highest BCUT2D eigenvalue weighted by Gasteiger charge is 2.45. The molecule has 1 heterocycles. The number of nitrogens with one attached hydrogen (secondary N) is 1. The van der Waals surface area contributed by atoms with E-state index in [1.165, 1.54) is 19.3 Å². The zero-order chi connectivity index (χ0) is 14.1. The maximum absolute atomic E-state index is 10.9. The van der Waals surface area contributed by atoms with Crippen molar-refractivity contribution in [2.75, 3.05) is 6.54 Å².